The van der Waals surface area contributed by atoms with Crippen molar-refractivity contribution in [2.24, 2.45) is 5.92 Å². The van der Waals surface area contributed by atoms with Gasteiger partial charge < -0.3 is 0 Å². The summed E-state index contributed by atoms with van der Waals surface area (Å²) in [6.07, 6.45) is 0.596. The zero-order valence-corrected chi connectivity index (χ0v) is 13.2. The van der Waals surface area contributed by atoms with Gasteiger partial charge in [-0.15, -0.1) is 0 Å². The number of sulfonamides is 1. The molecule has 1 unspecified atom stereocenters. The topological polar surface area (TPSA) is 80.5 Å². The summed E-state index contributed by atoms with van der Waals surface area (Å²) in [7, 11) is -2.79. The smallest absolute Gasteiger partial charge is 0.258 e. The minimum absolute atomic E-state index is 0.264. The third kappa shape index (κ3) is 3.76. The molecule has 0 fully saturated rings. The van der Waals surface area contributed by atoms with Crippen molar-refractivity contribution in [1.82, 2.24) is 4.31 Å². The van der Waals surface area contributed by atoms with E-state index in [2.05, 4.69) is 0 Å². The summed E-state index contributed by atoms with van der Waals surface area (Å²) in [6, 6.07) is 2.72. The first-order valence-corrected chi connectivity index (χ1v) is 7.94. The van der Waals surface area contributed by atoms with Crippen molar-refractivity contribution >= 4 is 15.7 Å². The Morgan fingerprint density at radius 1 is 1.33 bits per heavy atom. The summed E-state index contributed by atoms with van der Waals surface area (Å²) >= 11 is 0. The van der Waals surface area contributed by atoms with Gasteiger partial charge in [0.1, 0.15) is 0 Å². The number of para-hydroxylation sites is 1. The second-order valence-electron chi connectivity index (χ2n) is 5.34. The maximum absolute atomic E-state index is 13.6. The molecule has 6 nitrogen and oxygen atoms in total. The van der Waals surface area contributed by atoms with E-state index in [1.165, 1.54) is 7.05 Å². The summed E-state index contributed by atoms with van der Waals surface area (Å²) < 4.78 is 39.6. The monoisotopic (exact) mass is 318 g/mol. The molecule has 0 aliphatic rings. The first kappa shape index (κ1) is 17.5. The van der Waals surface area contributed by atoms with E-state index in [-0.39, 0.29) is 12.0 Å². The zero-order valence-electron chi connectivity index (χ0n) is 12.4. The fraction of sp³-hybridized carbons (Fsp3) is 0.538. The highest BCUT2D eigenvalue weighted by molar-refractivity contribution is 7.89. The minimum atomic E-state index is -4.13. The van der Waals surface area contributed by atoms with Crippen molar-refractivity contribution in [2.45, 2.75) is 38.1 Å². The molecule has 8 heteroatoms. The predicted octanol–water partition coefficient (Wildman–Crippen LogP) is 2.79. The van der Waals surface area contributed by atoms with Crippen LogP contribution in [-0.2, 0) is 10.0 Å². The number of rotatable bonds is 6. The third-order valence-corrected chi connectivity index (χ3v) is 5.23. The van der Waals surface area contributed by atoms with Crippen LogP contribution in [0.4, 0.5) is 10.1 Å². The normalized spacial score (nSPS) is 13.7. The molecule has 1 aromatic carbocycles. The van der Waals surface area contributed by atoms with Crippen molar-refractivity contribution in [3.63, 3.8) is 0 Å². The molecule has 1 atom stereocenters. The van der Waals surface area contributed by atoms with E-state index in [0.717, 1.165) is 22.5 Å². The average molecular weight is 318 g/mol. The Balaban J connectivity index is 3.32. The van der Waals surface area contributed by atoms with Crippen molar-refractivity contribution in [3.8, 4) is 0 Å². The lowest BCUT2D eigenvalue weighted by atomic mass is 10.1. The Kier molecular flexibility index (Phi) is 5.41. The second kappa shape index (κ2) is 6.48. The van der Waals surface area contributed by atoms with Gasteiger partial charge in [-0.05, 0) is 31.4 Å². The van der Waals surface area contributed by atoms with Gasteiger partial charge >= 0.3 is 5.69 Å². The highest BCUT2D eigenvalue weighted by Gasteiger charge is 2.34. The fourth-order valence-electron chi connectivity index (χ4n) is 2.10. The molecule has 1 rings (SSSR count). The molecule has 21 heavy (non-hydrogen) atoms. The zero-order chi connectivity index (χ0) is 16.4. The summed E-state index contributed by atoms with van der Waals surface area (Å²) in [5.74, 6) is -0.897. The number of hydrogen-bond acceptors (Lipinski definition) is 4. The van der Waals surface area contributed by atoms with E-state index in [4.69, 9.17) is 0 Å². The third-order valence-electron chi connectivity index (χ3n) is 3.22. The van der Waals surface area contributed by atoms with E-state index < -0.39 is 31.3 Å². The highest BCUT2D eigenvalue weighted by atomic mass is 32.2. The summed E-state index contributed by atoms with van der Waals surface area (Å²) in [5, 5.41) is 10.9. The van der Waals surface area contributed by atoms with Crippen LogP contribution in [0, 0.1) is 21.8 Å². The van der Waals surface area contributed by atoms with Crippen molar-refractivity contribution in [1.29, 1.82) is 0 Å². The Morgan fingerprint density at radius 3 is 2.38 bits per heavy atom. The Hall–Kier alpha value is -1.54. The van der Waals surface area contributed by atoms with Gasteiger partial charge in [0.15, 0.2) is 4.90 Å². The van der Waals surface area contributed by atoms with Crippen molar-refractivity contribution < 1.29 is 17.7 Å². The molecule has 0 radical (unpaired) electrons. The molecular weight excluding hydrogens is 299 g/mol. The molecule has 1 aromatic rings. The molecule has 0 bridgehead atoms. The first-order valence-electron chi connectivity index (χ1n) is 6.50. The summed E-state index contributed by atoms with van der Waals surface area (Å²) in [4.78, 5) is 9.31. The molecule has 0 saturated heterocycles. The van der Waals surface area contributed by atoms with Crippen LogP contribution < -0.4 is 0 Å². The van der Waals surface area contributed by atoms with Gasteiger partial charge in [0, 0.05) is 13.1 Å². The molecule has 0 N–H and O–H groups in total. The summed E-state index contributed by atoms with van der Waals surface area (Å²) in [5.41, 5.74) is -1.01. The van der Waals surface area contributed by atoms with Gasteiger partial charge in [0.25, 0.3) is 0 Å². The van der Waals surface area contributed by atoms with Crippen molar-refractivity contribution in [3.05, 3.63) is 34.1 Å². The van der Waals surface area contributed by atoms with Crippen LogP contribution in [0.1, 0.15) is 27.2 Å². The van der Waals surface area contributed by atoms with Gasteiger partial charge in [-0.3, -0.25) is 10.1 Å². The highest BCUT2D eigenvalue weighted by Crippen LogP contribution is 2.30. The quantitative estimate of drug-likeness (QED) is 0.596. The lowest BCUT2D eigenvalue weighted by Crippen LogP contribution is -2.36. The van der Waals surface area contributed by atoms with E-state index >= 15 is 0 Å². The lowest BCUT2D eigenvalue weighted by molar-refractivity contribution is -0.390. The predicted molar refractivity (Wildman–Crippen MR) is 76.9 cm³/mol. The maximum atomic E-state index is 13.6. The molecule has 0 spiro atoms. The number of halogens is 1. The second-order valence-corrected chi connectivity index (χ2v) is 7.31. The molecule has 0 aliphatic carbocycles. The average Bonchev–Trinajstić information content (AvgIpc) is 2.36. The number of hydrogen-bond donors (Lipinski definition) is 0. The molecule has 0 saturated carbocycles. The van der Waals surface area contributed by atoms with E-state index in [1.807, 2.05) is 13.8 Å². The molecule has 0 heterocycles. The fourth-order valence-corrected chi connectivity index (χ4v) is 3.64. The molecule has 0 amide bonds. The number of nitro benzene ring substituents is 1. The number of benzene rings is 1. The summed E-state index contributed by atoms with van der Waals surface area (Å²) in [6.45, 7) is 5.60. The largest absolute Gasteiger partial charge is 0.324 e. The Bertz CT molecular complexity index is 631. The Labute approximate surface area is 123 Å². The number of nitrogens with zero attached hydrogens (tertiary/aromatic N) is 2. The van der Waals surface area contributed by atoms with Gasteiger partial charge in [-0.1, -0.05) is 19.9 Å². The van der Waals surface area contributed by atoms with Gasteiger partial charge in [0.2, 0.25) is 15.8 Å². The van der Waals surface area contributed by atoms with Crippen LogP contribution in [0.2, 0.25) is 0 Å². The SMILES string of the molecule is CC(C)CC(C)N(C)S(=O)(=O)c1cccc(F)c1[N+](=O)[O-]. The lowest BCUT2D eigenvalue weighted by Gasteiger charge is -2.25. The van der Waals surface area contributed by atoms with Crippen molar-refractivity contribution in [2.75, 3.05) is 7.05 Å². The van der Waals surface area contributed by atoms with Crippen LogP contribution in [-0.4, -0.2) is 30.7 Å². The molecule has 0 aliphatic heterocycles. The van der Waals surface area contributed by atoms with Gasteiger partial charge in [-0.25, -0.2) is 8.42 Å². The standard InChI is InChI=1S/C13H19FN2O4S/c1-9(2)8-10(3)15(4)21(19,20)12-7-5-6-11(14)13(12)16(17)18/h5-7,9-10H,8H2,1-4H3. The van der Waals surface area contributed by atoms with Gasteiger partial charge in [0.05, 0.1) is 4.92 Å². The van der Waals surface area contributed by atoms with E-state index in [1.54, 1.807) is 6.92 Å². The molecular formula is C13H19FN2O4S. The molecule has 0 aromatic heterocycles. The van der Waals surface area contributed by atoms with E-state index in [0.29, 0.717) is 6.42 Å². The first-order chi connectivity index (χ1) is 9.59. The van der Waals surface area contributed by atoms with Crippen LogP contribution in [0.5, 0.6) is 0 Å². The van der Waals surface area contributed by atoms with Crippen LogP contribution in [0.15, 0.2) is 23.1 Å². The van der Waals surface area contributed by atoms with Crippen LogP contribution in [0.3, 0.4) is 0 Å². The Morgan fingerprint density at radius 2 is 1.90 bits per heavy atom. The van der Waals surface area contributed by atoms with Crippen LogP contribution >= 0.6 is 0 Å². The van der Waals surface area contributed by atoms with E-state index in [9.17, 15) is 22.9 Å². The van der Waals surface area contributed by atoms with Gasteiger partial charge in [-0.2, -0.15) is 8.70 Å². The maximum Gasteiger partial charge on any atom is 0.324 e. The minimum Gasteiger partial charge on any atom is -0.258 e. The molecule has 118 valence electrons. The van der Waals surface area contributed by atoms with Crippen LogP contribution in [0.25, 0.3) is 0 Å². The number of nitro groups is 1.